The van der Waals surface area contributed by atoms with Gasteiger partial charge in [0.15, 0.2) is 0 Å². The van der Waals surface area contributed by atoms with Crippen molar-refractivity contribution >= 4 is 17.5 Å². The summed E-state index contributed by atoms with van der Waals surface area (Å²) in [6.07, 6.45) is 6.79. The van der Waals surface area contributed by atoms with Crippen LogP contribution in [0.2, 0.25) is 5.02 Å². The molecule has 5 nitrogen and oxygen atoms in total. The number of halogens is 1. The second kappa shape index (κ2) is 7.64. The lowest BCUT2D eigenvalue weighted by Crippen LogP contribution is -2.41. The highest BCUT2D eigenvalue weighted by molar-refractivity contribution is 6.30. The molecule has 2 aromatic rings. The molecule has 27 heavy (non-hydrogen) atoms. The normalized spacial score (nSPS) is 19.9. The number of aryl methyl sites for hydroxylation is 1. The number of amides is 1. The van der Waals surface area contributed by atoms with E-state index in [9.17, 15) is 4.79 Å². The van der Waals surface area contributed by atoms with E-state index in [1.165, 1.54) is 0 Å². The van der Waals surface area contributed by atoms with E-state index in [4.69, 9.17) is 11.6 Å². The molecule has 1 aromatic carbocycles. The lowest BCUT2D eigenvalue weighted by Gasteiger charge is -2.38. The summed E-state index contributed by atoms with van der Waals surface area (Å²) in [5.41, 5.74) is 1.30. The molecular weight excluding hydrogens is 360 g/mol. The van der Waals surface area contributed by atoms with Gasteiger partial charge in [-0.1, -0.05) is 23.7 Å². The third-order valence-corrected chi connectivity index (χ3v) is 6.37. The predicted molar refractivity (Wildman–Crippen MR) is 106 cm³/mol. The maximum Gasteiger partial charge on any atom is 0.223 e. The number of imidazole rings is 1. The van der Waals surface area contributed by atoms with Crippen LogP contribution in [0.1, 0.15) is 37.6 Å². The minimum absolute atomic E-state index is 0.153. The molecule has 2 fully saturated rings. The van der Waals surface area contributed by atoms with E-state index in [0.29, 0.717) is 18.9 Å². The molecule has 0 radical (unpaired) electrons. The Kier molecular flexibility index (Phi) is 5.24. The highest BCUT2D eigenvalue weighted by Crippen LogP contribution is 2.41. The Morgan fingerprint density at radius 3 is 2.59 bits per heavy atom. The summed E-state index contributed by atoms with van der Waals surface area (Å²) in [5.74, 6) is 1.43. The van der Waals surface area contributed by atoms with Crippen LogP contribution in [0, 0.1) is 5.41 Å². The molecule has 0 N–H and O–H groups in total. The van der Waals surface area contributed by atoms with Gasteiger partial charge in [-0.3, -0.25) is 9.69 Å². The van der Waals surface area contributed by atoms with Gasteiger partial charge >= 0.3 is 0 Å². The van der Waals surface area contributed by atoms with Crippen LogP contribution in [0.4, 0.5) is 0 Å². The molecular formula is C21H27ClN4O. The third kappa shape index (κ3) is 4.04. The minimum atomic E-state index is 0.153. The maximum absolute atomic E-state index is 12.6. The number of hydrogen-bond donors (Lipinski definition) is 0. The van der Waals surface area contributed by atoms with Gasteiger partial charge in [0, 0.05) is 43.5 Å². The molecule has 3 heterocycles. The number of carbonyl (C=O) groups excluding carboxylic acids is 1. The van der Waals surface area contributed by atoms with Crippen molar-refractivity contribution in [2.45, 2.75) is 45.8 Å². The van der Waals surface area contributed by atoms with Gasteiger partial charge in [-0.25, -0.2) is 4.98 Å². The van der Waals surface area contributed by atoms with Crippen molar-refractivity contribution < 1.29 is 4.79 Å². The molecule has 0 saturated carbocycles. The highest BCUT2D eigenvalue weighted by Gasteiger charge is 2.44. The molecule has 0 aliphatic carbocycles. The summed E-state index contributed by atoms with van der Waals surface area (Å²) in [6, 6.07) is 7.82. The maximum atomic E-state index is 12.6. The standard InChI is InChI=1S/C21H27ClN4O/c1-2-25-12-9-23-19(25)15-24-10-7-21(8-11-24)13-20(27)26(16-21)14-17-3-5-18(22)6-4-17/h3-6,9,12H,2,7-8,10-11,13-16H2,1H3. The van der Waals surface area contributed by atoms with E-state index in [0.717, 1.165) is 62.0 Å². The smallest absolute Gasteiger partial charge is 0.223 e. The van der Waals surface area contributed by atoms with Crippen LogP contribution in [0.3, 0.4) is 0 Å². The largest absolute Gasteiger partial charge is 0.338 e. The van der Waals surface area contributed by atoms with Crippen LogP contribution in [0.5, 0.6) is 0 Å². The molecule has 6 heteroatoms. The molecule has 144 valence electrons. The first-order chi connectivity index (χ1) is 13.1. The number of likely N-dealkylation sites (tertiary alicyclic amines) is 2. The Hall–Kier alpha value is -1.85. The molecule has 2 aliphatic rings. The van der Waals surface area contributed by atoms with E-state index < -0.39 is 0 Å². The zero-order valence-electron chi connectivity index (χ0n) is 15.9. The monoisotopic (exact) mass is 386 g/mol. The average Bonchev–Trinajstić information content (AvgIpc) is 3.23. The highest BCUT2D eigenvalue weighted by atomic mass is 35.5. The van der Waals surface area contributed by atoms with Crippen molar-refractivity contribution in [3.8, 4) is 0 Å². The van der Waals surface area contributed by atoms with Gasteiger partial charge in [-0.15, -0.1) is 0 Å². The van der Waals surface area contributed by atoms with Gasteiger partial charge in [-0.05, 0) is 56.0 Å². The van der Waals surface area contributed by atoms with Gasteiger partial charge in [0.2, 0.25) is 5.91 Å². The summed E-state index contributed by atoms with van der Waals surface area (Å²) in [5, 5.41) is 0.735. The van der Waals surface area contributed by atoms with E-state index in [-0.39, 0.29) is 5.41 Å². The SMILES string of the molecule is CCn1ccnc1CN1CCC2(CC1)CC(=O)N(Cc1ccc(Cl)cc1)C2. The van der Waals surface area contributed by atoms with Gasteiger partial charge in [0.25, 0.3) is 0 Å². The molecule has 0 atom stereocenters. The minimum Gasteiger partial charge on any atom is -0.338 e. The summed E-state index contributed by atoms with van der Waals surface area (Å²) in [4.78, 5) is 21.6. The van der Waals surface area contributed by atoms with Gasteiger partial charge < -0.3 is 9.47 Å². The van der Waals surface area contributed by atoms with Crippen LogP contribution in [0.25, 0.3) is 0 Å². The number of carbonyl (C=O) groups is 1. The number of rotatable bonds is 5. The summed E-state index contributed by atoms with van der Waals surface area (Å²) in [6.45, 7) is 7.66. The van der Waals surface area contributed by atoms with Gasteiger partial charge in [-0.2, -0.15) is 0 Å². The molecule has 2 saturated heterocycles. The van der Waals surface area contributed by atoms with Crippen molar-refractivity contribution in [1.29, 1.82) is 0 Å². The number of nitrogens with zero attached hydrogens (tertiary/aromatic N) is 4. The number of benzene rings is 1. The van der Waals surface area contributed by atoms with Crippen molar-refractivity contribution in [3.63, 3.8) is 0 Å². The first kappa shape index (κ1) is 18.5. The Morgan fingerprint density at radius 1 is 1.15 bits per heavy atom. The first-order valence-electron chi connectivity index (χ1n) is 9.81. The molecule has 1 aromatic heterocycles. The Labute approximate surface area is 165 Å². The topological polar surface area (TPSA) is 41.4 Å². The fraction of sp³-hybridized carbons (Fsp3) is 0.524. The Bertz CT molecular complexity index is 793. The summed E-state index contributed by atoms with van der Waals surface area (Å²) >= 11 is 5.97. The zero-order chi connectivity index (χ0) is 18.9. The van der Waals surface area contributed by atoms with Gasteiger partial charge in [0.1, 0.15) is 5.82 Å². The molecule has 4 rings (SSSR count). The van der Waals surface area contributed by atoms with Crippen LogP contribution in [-0.2, 0) is 24.4 Å². The number of piperidine rings is 1. The van der Waals surface area contributed by atoms with E-state index in [1.807, 2.05) is 41.6 Å². The molecule has 1 amide bonds. The Balaban J connectivity index is 1.34. The van der Waals surface area contributed by atoms with E-state index in [1.54, 1.807) is 0 Å². The third-order valence-electron chi connectivity index (χ3n) is 6.12. The van der Waals surface area contributed by atoms with Gasteiger partial charge in [0.05, 0.1) is 6.54 Å². The molecule has 0 bridgehead atoms. The fourth-order valence-electron chi connectivity index (χ4n) is 4.44. The second-order valence-corrected chi connectivity index (χ2v) is 8.40. The van der Waals surface area contributed by atoms with E-state index in [2.05, 4.69) is 21.4 Å². The number of aromatic nitrogens is 2. The lowest BCUT2D eigenvalue weighted by atomic mass is 9.77. The second-order valence-electron chi connectivity index (χ2n) is 7.96. The number of hydrogen-bond acceptors (Lipinski definition) is 3. The van der Waals surface area contributed by atoms with Crippen LogP contribution in [-0.4, -0.2) is 44.9 Å². The predicted octanol–water partition coefficient (Wildman–Crippen LogP) is 3.57. The summed E-state index contributed by atoms with van der Waals surface area (Å²) in [7, 11) is 0. The lowest BCUT2D eigenvalue weighted by molar-refractivity contribution is -0.128. The Morgan fingerprint density at radius 2 is 1.89 bits per heavy atom. The molecule has 2 aliphatic heterocycles. The molecule has 1 spiro atoms. The average molecular weight is 387 g/mol. The van der Waals surface area contributed by atoms with Crippen molar-refractivity contribution in [2.24, 2.45) is 5.41 Å². The zero-order valence-corrected chi connectivity index (χ0v) is 16.7. The van der Waals surface area contributed by atoms with Crippen LogP contribution < -0.4 is 0 Å². The van der Waals surface area contributed by atoms with E-state index >= 15 is 0 Å². The van der Waals surface area contributed by atoms with Crippen molar-refractivity contribution in [2.75, 3.05) is 19.6 Å². The van der Waals surface area contributed by atoms with Crippen molar-refractivity contribution in [3.05, 3.63) is 53.1 Å². The quantitative estimate of drug-likeness (QED) is 0.788. The van der Waals surface area contributed by atoms with Crippen molar-refractivity contribution in [1.82, 2.24) is 19.4 Å². The summed E-state index contributed by atoms with van der Waals surface area (Å²) < 4.78 is 2.21. The van der Waals surface area contributed by atoms with Crippen LogP contribution >= 0.6 is 11.6 Å². The first-order valence-corrected chi connectivity index (χ1v) is 10.2. The van der Waals surface area contributed by atoms with Crippen LogP contribution in [0.15, 0.2) is 36.7 Å². The fourth-order valence-corrected chi connectivity index (χ4v) is 4.56. The molecule has 0 unspecified atom stereocenters.